The van der Waals surface area contributed by atoms with Crippen LogP contribution in [0.2, 0.25) is 0 Å². The Bertz CT molecular complexity index is 225. The van der Waals surface area contributed by atoms with E-state index in [1.165, 1.54) is 6.42 Å². The van der Waals surface area contributed by atoms with Gasteiger partial charge < -0.3 is 0 Å². The second-order valence-electron chi connectivity index (χ2n) is 3.10. The van der Waals surface area contributed by atoms with Crippen LogP contribution >= 0.6 is 22.6 Å². The van der Waals surface area contributed by atoms with Crippen LogP contribution in [0.5, 0.6) is 0 Å². The molecule has 0 bridgehead atoms. The molecule has 0 aromatic heterocycles. The van der Waals surface area contributed by atoms with Crippen LogP contribution in [-0.2, 0) is 0 Å². The summed E-state index contributed by atoms with van der Waals surface area (Å²) in [7, 11) is 0. The third kappa shape index (κ3) is 1.43. The molecule has 0 aromatic rings. The maximum atomic E-state index is 2.55. The number of rotatable bonds is 0. The van der Waals surface area contributed by atoms with Gasteiger partial charge in [-0.3, -0.25) is 0 Å². The minimum absolute atomic E-state index is 0.677. The molecule has 0 saturated heterocycles. The predicted molar refractivity (Wildman–Crippen MR) is 56.8 cm³/mol. The first-order valence-corrected chi connectivity index (χ1v) is 5.28. The van der Waals surface area contributed by atoms with Gasteiger partial charge in [0.15, 0.2) is 0 Å². The molecule has 0 aliphatic heterocycles. The Morgan fingerprint density at radius 2 is 1.91 bits per heavy atom. The molecule has 0 amide bonds. The lowest BCUT2D eigenvalue weighted by molar-refractivity contribution is 0.519. The summed E-state index contributed by atoms with van der Waals surface area (Å²) in [5.41, 5.74) is 0. The molecule has 0 nitrogen and oxygen atoms in total. The Morgan fingerprint density at radius 1 is 1.09 bits per heavy atom. The molecular weight excluding hydrogens is 247 g/mol. The van der Waals surface area contributed by atoms with Crippen molar-refractivity contribution in [2.24, 2.45) is 11.8 Å². The third-order valence-electron chi connectivity index (χ3n) is 2.36. The summed E-state index contributed by atoms with van der Waals surface area (Å²) in [6.07, 6.45) is 14.8. The molecule has 2 rings (SSSR count). The van der Waals surface area contributed by atoms with Gasteiger partial charge in [-0.05, 0) is 12.3 Å². The molecule has 0 N–H and O–H groups in total. The van der Waals surface area contributed by atoms with E-state index in [0.29, 0.717) is 5.92 Å². The SMILES string of the molecule is IC1CC=CC2C=CC=CC21. The monoisotopic (exact) mass is 258 g/mol. The zero-order valence-corrected chi connectivity index (χ0v) is 8.44. The van der Waals surface area contributed by atoms with Gasteiger partial charge in [-0.25, -0.2) is 0 Å². The van der Waals surface area contributed by atoms with Crippen LogP contribution in [0, 0.1) is 11.8 Å². The molecule has 3 unspecified atom stereocenters. The summed E-state index contributed by atoms with van der Waals surface area (Å²) in [6, 6.07) is 0. The fourth-order valence-corrected chi connectivity index (χ4v) is 2.73. The first kappa shape index (κ1) is 7.59. The van der Waals surface area contributed by atoms with Gasteiger partial charge in [-0.15, -0.1) is 0 Å². The fraction of sp³-hybridized carbons (Fsp3) is 0.400. The van der Waals surface area contributed by atoms with Crippen LogP contribution in [-0.4, -0.2) is 3.92 Å². The fourth-order valence-electron chi connectivity index (χ4n) is 1.72. The summed E-state index contributed by atoms with van der Waals surface area (Å²) in [4.78, 5) is 0. The van der Waals surface area contributed by atoms with E-state index in [1.54, 1.807) is 0 Å². The van der Waals surface area contributed by atoms with Gasteiger partial charge in [-0.2, -0.15) is 0 Å². The molecule has 2 aliphatic carbocycles. The van der Waals surface area contributed by atoms with Crippen molar-refractivity contribution in [1.29, 1.82) is 0 Å². The highest BCUT2D eigenvalue weighted by molar-refractivity contribution is 14.1. The van der Waals surface area contributed by atoms with Crippen molar-refractivity contribution in [2.75, 3.05) is 0 Å². The molecular formula is C10H11I. The number of halogens is 1. The van der Waals surface area contributed by atoms with Crippen molar-refractivity contribution in [3.05, 3.63) is 36.5 Å². The number of hydrogen-bond acceptors (Lipinski definition) is 0. The maximum Gasteiger partial charge on any atom is 0.0216 e. The summed E-state index contributed by atoms with van der Waals surface area (Å²) in [5, 5.41) is 0. The van der Waals surface area contributed by atoms with Gasteiger partial charge in [0.1, 0.15) is 0 Å². The highest BCUT2D eigenvalue weighted by atomic mass is 127. The minimum Gasteiger partial charge on any atom is -0.0869 e. The Hall–Kier alpha value is -0.0500. The second kappa shape index (κ2) is 3.13. The second-order valence-corrected chi connectivity index (χ2v) is 4.70. The van der Waals surface area contributed by atoms with Gasteiger partial charge in [0, 0.05) is 9.84 Å². The number of hydrogen-bond donors (Lipinski definition) is 0. The van der Waals surface area contributed by atoms with Crippen molar-refractivity contribution >= 4 is 22.6 Å². The molecule has 1 heteroatoms. The van der Waals surface area contributed by atoms with Crippen LogP contribution in [0.25, 0.3) is 0 Å². The number of allylic oxidation sites excluding steroid dienone is 6. The molecule has 3 atom stereocenters. The Kier molecular flexibility index (Phi) is 2.16. The number of alkyl halides is 1. The Balaban J connectivity index is 2.25. The average molecular weight is 258 g/mol. The number of fused-ring (bicyclic) bond motifs is 1. The van der Waals surface area contributed by atoms with E-state index in [-0.39, 0.29) is 0 Å². The third-order valence-corrected chi connectivity index (χ3v) is 3.70. The van der Waals surface area contributed by atoms with Crippen LogP contribution < -0.4 is 0 Å². The Labute approximate surface area is 81.2 Å². The van der Waals surface area contributed by atoms with Crippen LogP contribution in [0.3, 0.4) is 0 Å². The zero-order chi connectivity index (χ0) is 7.68. The molecule has 0 fully saturated rings. The molecule has 0 saturated carbocycles. The molecule has 58 valence electrons. The van der Waals surface area contributed by atoms with Gasteiger partial charge in [0.05, 0.1) is 0 Å². The van der Waals surface area contributed by atoms with Gasteiger partial charge in [-0.1, -0.05) is 59.0 Å². The minimum atomic E-state index is 0.677. The van der Waals surface area contributed by atoms with E-state index < -0.39 is 0 Å². The molecule has 11 heavy (non-hydrogen) atoms. The van der Waals surface area contributed by atoms with Gasteiger partial charge in [0.2, 0.25) is 0 Å². The van der Waals surface area contributed by atoms with Gasteiger partial charge in [0.25, 0.3) is 0 Å². The van der Waals surface area contributed by atoms with Gasteiger partial charge >= 0.3 is 0 Å². The quantitative estimate of drug-likeness (QED) is 0.356. The molecule has 0 radical (unpaired) electrons. The van der Waals surface area contributed by atoms with Crippen LogP contribution in [0.15, 0.2) is 36.5 Å². The van der Waals surface area contributed by atoms with E-state index in [9.17, 15) is 0 Å². The van der Waals surface area contributed by atoms with E-state index >= 15 is 0 Å². The van der Waals surface area contributed by atoms with Crippen molar-refractivity contribution in [1.82, 2.24) is 0 Å². The maximum absolute atomic E-state index is 2.55. The van der Waals surface area contributed by atoms with E-state index in [4.69, 9.17) is 0 Å². The summed E-state index contributed by atoms with van der Waals surface area (Å²) in [5.74, 6) is 1.43. The van der Waals surface area contributed by atoms with Crippen LogP contribution in [0.4, 0.5) is 0 Å². The smallest absolute Gasteiger partial charge is 0.0216 e. The lowest BCUT2D eigenvalue weighted by Gasteiger charge is -2.29. The lowest BCUT2D eigenvalue weighted by atomic mass is 9.81. The first-order valence-electron chi connectivity index (χ1n) is 4.03. The van der Waals surface area contributed by atoms with E-state index in [2.05, 4.69) is 59.0 Å². The summed E-state index contributed by atoms with van der Waals surface area (Å²) < 4.78 is 0.795. The Morgan fingerprint density at radius 3 is 2.73 bits per heavy atom. The summed E-state index contributed by atoms with van der Waals surface area (Å²) >= 11 is 2.55. The predicted octanol–water partition coefficient (Wildman–Crippen LogP) is 3.11. The van der Waals surface area contributed by atoms with Crippen molar-refractivity contribution in [3.63, 3.8) is 0 Å². The standard InChI is InChI=1S/C10H11I/c11-10-7-3-5-8-4-1-2-6-9(8)10/h1-6,8-10H,7H2. The van der Waals surface area contributed by atoms with Crippen LogP contribution in [0.1, 0.15) is 6.42 Å². The normalized spacial score (nSPS) is 40.6. The zero-order valence-electron chi connectivity index (χ0n) is 6.28. The average Bonchev–Trinajstić information content (AvgIpc) is 2.06. The lowest BCUT2D eigenvalue weighted by Crippen LogP contribution is -2.23. The molecule has 0 heterocycles. The largest absolute Gasteiger partial charge is 0.0869 e. The molecule has 0 spiro atoms. The molecule has 2 aliphatic rings. The highest BCUT2D eigenvalue weighted by Gasteiger charge is 2.25. The van der Waals surface area contributed by atoms with E-state index in [0.717, 1.165) is 9.84 Å². The van der Waals surface area contributed by atoms with Crippen molar-refractivity contribution in [3.8, 4) is 0 Å². The first-order chi connectivity index (χ1) is 5.38. The van der Waals surface area contributed by atoms with Crippen molar-refractivity contribution < 1.29 is 0 Å². The van der Waals surface area contributed by atoms with Crippen molar-refractivity contribution in [2.45, 2.75) is 10.3 Å². The van der Waals surface area contributed by atoms with E-state index in [1.807, 2.05) is 0 Å². The topological polar surface area (TPSA) is 0 Å². The summed E-state index contributed by atoms with van der Waals surface area (Å²) in [6.45, 7) is 0. The molecule has 0 aromatic carbocycles. The highest BCUT2D eigenvalue weighted by Crippen LogP contribution is 2.34.